The maximum absolute atomic E-state index is 10.8. The Morgan fingerprint density at radius 3 is 2.24 bits per heavy atom. The van der Waals surface area contributed by atoms with Crippen molar-refractivity contribution in [3.63, 3.8) is 0 Å². The number of allylic oxidation sites excluding steroid dienone is 6. The van der Waals surface area contributed by atoms with Crippen LogP contribution in [0.1, 0.15) is 66.2 Å². The molecule has 1 saturated carbocycles. The summed E-state index contributed by atoms with van der Waals surface area (Å²) in [6.07, 6.45) is -0.652. The molecule has 1 aliphatic carbocycles. The molecule has 2 fully saturated rings. The summed E-state index contributed by atoms with van der Waals surface area (Å²) in [5.74, 6) is 0. The van der Waals surface area contributed by atoms with Gasteiger partial charge in [-0.05, 0) is 65.9 Å². The van der Waals surface area contributed by atoms with E-state index in [0.29, 0.717) is 0 Å². The number of nitrogens with two attached hydrogens (primary N) is 2. The van der Waals surface area contributed by atoms with E-state index in [-0.39, 0.29) is 19.4 Å². The van der Waals surface area contributed by atoms with E-state index in [4.69, 9.17) is 30.4 Å². The van der Waals surface area contributed by atoms with Crippen molar-refractivity contribution < 1.29 is 49.6 Å². The summed E-state index contributed by atoms with van der Waals surface area (Å²) in [7, 11) is 1.25. The Labute approximate surface area is 267 Å². The lowest BCUT2D eigenvalue weighted by Crippen LogP contribution is -2.65. The third kappa shape index (κ3) is 12.9. The predicted molar refractivity (Wildman–Crippen MR) is 170 cm³/mol. The van der Waals surface area contributed by atoms with Gasteiger partial charge in [-0.15, -0.1) is 0 Å². The maximum atomic E-state index is 10.8. The molecule has 0 radical (unpaired) electrons. The van der Waals surface area contributed by atoms with Crippen molar-refractivity contribution in [2.45, 2.75) is 140 Å². The van der Waals surface area contributed by atoms with Crippen molar-refractivity contribution in [3.05, 3.63) is 34.9 Å². The maximum Gasteiger partial charge on any atom is 0.184 e. The minimum absolute atomic E-state index is 0.0554. The van der Waals surface area contributed by atoms with Gasteiger partial charge in [0.25, 0.3) is 0 Å². The van der Waals surface area contributed by atoms with E-state index < -0.39 is 80.1 Å². The number of rotatable bonds is 17. The lowest BCUT2D eigenvalue weighted by molar-refractivity contribution is -0.304. The molecule has 13 nitrogen and oxygen atoms in total. The van der Waals surface area contributed by atoms with Gasteiger partial charge in [-0.2, -0.15) is 0 Å². The van der Waals surface area contributed by atoms with Gasteiger partial charge in [0, 0.05) is 31.8 Å². The standard InChI is InChI=1S/C32H57N3O10/c1-18(2)8-6-9-19(3)10-7-11-20(4)12-13-35-16-24-28(39)23(37)15-26(43-24)44-30-22(34)14-21(33)27(38)31(30)45-32(41)29(40)25(17-36)42-5/h8,10,12-13,21-32,36-41H,6-7,9,11,14-17,33-34H2,1-5H3/b19-10+,20-12+,35-13?. The largest absolute Gasteiger partial charge is 0.394 e. The van der Waals surface area contributed by atoms with Gasteiger partial charge in [0.1, 0.15) is 36.6 Å². The Hall–Kier alpha value is -1.59. The lowest BCUT2D eigenvalue weighted by atomic mass is 9.84. The second-order valence-electron chi connectivity index (χ2n) is 12.4. The SMILES string of the molecule is COC(CO)C(O)C(O)OC1C(O)C(N)CC(N)C1OC1CC(O)C(O)C(CN=C/C=C(\C)CC/C=C(\C)CCC=C(C)C)O1. The highest BCUT2D eigenvalue weighted by molar-refractivity contribution is 5.72. The molecule has 0 aromatic rings. The molecule has 0 aromatic carbocycles. The first-order chi connectivity index (χ1) is 21.3. The van der Waals surface area contributed by atoms with E-state index in [9.17, 15) is 30.6 Å². The molecule has 2 aliphatic rings. The summed E-state index contributed by atoms with van der Waals surface area (Å²) in [6, 6.07) is -1.57. The first kappa shape index (κ1) is 39.6. The van der Waals surface area contributed by atoms with Gasteiger partial charge >= 0.3 is 0 Å². The Bertz CT molecular complexity index is 984. The minimum atomic E-state index is -1.88. The first-order valence-electron chi connectivity index (χ1n) is 15.7. The molecule has 1 aliphatic heterocycles. The molecule has 0 spiro atoms. The van der Waals surface area contributed by atoms with E-state index in [2.05, 4.69) is 37.9 Å². The van der Waals surface area contributed by atoms with Crippen molar-refractivity contribution in [2.24, 2.45) is 16.5 Å². The summed E-state index contributed by atoms with van der Waals surface area (Å²) in [5, 5.41) is 62.1. The zero-order valence-corrected chi connectivity index (χ0v) is 27.3. The Morgan fingerprint density at radius 1 is 0.933 bits per heavy atom. The third-order valence-corrected chi connectivity index (χ3v) is 8.23. The van der Waals surface area contributed by atoms with Crippen LogP contribution in [0, 0.1) is 0 Å². The molecule has 13 heteroatoms. The van der Waals surface area contributed by atoms with Crippen molar-refractivity contribution in [1.29, 1.82) is 0 Å². The van der Waals surface area contributed by atoms with E-state index in [1.165, 1.54) is 18.3 Å². The number of aliphatic imine (C=N–C) groups is 1. The topological polar surface area (TPSA) is 223 Å². The van der Waals surface area contributed by atoms with Crippen LogP contribution in [0.2, 0.25) is 0 Å². The highest BCUT2D eigenvalue weighted by Crippen LogP contribution is 2.30. The molecule has 260 valence electrons. The average Bonchev–Trinajstić information content (AvgIpc) is 2.98. The molecule has 1 heterocycles. The van der Waals surface area contributed by atoms with Crippen LogP contribution in [0.15, 0.2) is 39.9 Å². The molecule has 2 rings (SSSR count). The van der Waals surface area contributed by atoms with Gasteiger partial charge in [-0.3, -0.25) is 4.99 Å². The van der Waals surface area contributed by atoms with Crippen molar-refractivity contribution >= 4 is 6.21 Å². The number of nitrogens with zero attached hydrogens (tertiary/aromatic N) is 1. The zero-order chi connectivity index (χ0) is 33.7. The smallest absolute Gasteiger partial charge is 0.184 e. The molecular weight excluding hydrogens is 586 g/mol. The monoisotopic (exact) mass is 643 g/mol. The molecule has 12 atom stereocenters. The molecule has 0 amide bonds. The second-order valence-corrected chi connectivity index (χ2v) is 12.4. The first-order valence-corrected chi connectivity index (χ1v) is 15.7. The highest BCUT2D eigenvalue weighted by atomic mass is 16.7. The minimum Gasteiger partial charge on any atom is -0.394 e. The number of hydrogen-bond acceptors (Lipinski definition) is 13. The fourth-order valence-electron chi connectivity index (χ4n) is 5.35. The Kier molecular flexibility index (Phi) is 17.5. The molecule has 10 N–H and O–H groups in total. The van der Waals surface area contributed by atoms with Crippen molar-refractivity contribution in [1.82, 2.24) is 0 Å². The lowest BCUT2D eigenvalue weighted by Gasteiger charge is -2.46. The summed E-state index contributed by atoms with van der Waals surface area (Å²) < 4.78 is 22.5. The fourth-order valence-corrected chi connectivity index (χ4v) is 5.35. The van der Waals surface area contributed by atoms with Gasteiger partial charge in [-0.1, -0.05) is 28.9 Å². The number of ether oxygens (including phenoxy) is 4. The quantitative estimate of drug-likeness (QED) is 0.0604. The summed E-state index contributed by atoms with van der Waals surface area (Å²) >= 11 is 0. The van der Waals surface area contributed by atoms with Crippen LogP contribution >= 0.6 is 0 Å². The summed E-state index contributed by atoms with van der Waals surface area (Å²) in [4.78, 5) is 4.37. The van der Waals surface area contributed by atoms with Crippen LogP contribution in [0.4, 0.5) is 0 Å². The number of hydrogen-bond donors (Lipinski definition) is 8. The molecule has 0 aromatic heterocycles. The number of aliphatic hydroxyl groups is 6. The fraction of sp³-hybridized carbons (Fsp3) is 0.781. The van der Waals surface area contributed by atoms with E-state index in [0.717, 1.165) is 31.3 Å². The summed E-state index contributed by atoms with van der Waals surface area (Å²) in [6.45, 7) is 7.85. The van der Waals surface area contributed by atoms with E-state index in [1.54, 1.807) is 6.21 Å². The van der Waals surface area contributed by atoms with Crippen LogP contribution in [-0.4, -0.2) is 131 Å². The molecular formula is C32H57N3O10. The molecule has 0 bridgehead atoms. The third-order valence-electron chi connectivity index (χ3n) is 8.23. The van der Waals surface area contributed by atoms with Crippen LogP contribution in [0.5, 0.6) is 0 Å². The molecule has 45 heavy (non-hydrogen) atoms. The zero-order valence-electron chi connectivity index (χ0n) is 27.3. The number of methoxy groups -OCH3 is 1. The Balaban J connectivity index is 1.99. The van der Waals surface area contributed by atoms with Gasteiger partial charge in [-0.25, -0.2) is 0 Å². The van der Waals surface area contributed by atoms with Crippen LogP contribution in [-0.2, 0) is 18.9 Å². The normalized spacial score (nSPS) is 33.7. The van der Waals surface area contributed by atoms with Gasteiger partial charge in [0.15, 0.2) is 12.6 Å². The summed E-state index contributed by atoms with van der Waals surface area (Å²) in [5.41, 5.74) is 16.2. The average molecular weight is 644 g/mol. The van der Waals surface area contributed by atoms with E-state index >= 15 is 0 Å². The predicted octanol–water partition coefficient (Wildman–Crippen LogP) is 0.189. The van der Waals surface area contributed by atoms with Crippen LogP contribution in [0.25, 0.3) is 0 Å². The van der Waals surface area contributed by atoms with Crippen molar-refractivity contribution in [2.75, 3.05) is 20.3 Å². The Morgan fingerprint density at radius 2 is 1.60 bits per heavy atom. The number of aliphatic hydroxyl groups excluding tert-OH is 6. The van der Waals surface area contributed by atoms with Crippen molar-refractivity contribution in [3.8, 4) is 0 Å². The van der Waals surface area contributed by atoms with Crippen LogP contribution < -0.4 is 11.5 Å². The molecule has 12 unspecified atom stereocenters. The van der Waals surface area contributed by atoms with Gasteiger partial charge < -0.3 is 61.1 Å². The van der Waals surface area contributed by atoms with Crippen LogP contribution in [0.3, 0.4) is 0 Å². The van der Waals surface area contributed by atoms with E-state index in [1.807, 2.05) is 13.0 Å². The second kappa shape index (κ2) is 19.9. The van der Waals surface area contributed by atoms with Gasteiger partial charge in [0.2, 0.25) is 0 Å². The van der Waals surface area contributed by atoms with Gasteiger partial charge in [0.05, 0.1) is 25.4 Å². The molecule has 1 saturated heterocycles. The highest BCUT2D eigenvalue weighted by Gasteiger charge is 2.48.